The minimum Gasteiger partial charge on any atom is -0.491 e. The molecular formula is C19H28IN3O2S. The van der Waals surface area contributed by atoms with E-state index in [1.807, 2.05) is 29.5 Å². The third-order valence-corrected chi connectivity index (χ3v) is 4.86. The van der Waals surface area contributed by atoms with Crippen molar-refractivity contribution in [3.63, 3.8) is 0 Å². The first kappa shape index (κ1) is 22.7. The summed E-state index contributed by atoms with van der Waals surface area (Å²) in [7, 11) is 3.45. The third-order valence-electron chi connectivity index (χ3n) is 3.63. The third kappa shape index (κ3) is 7.92. The van der Waals surface area contributed by atoms with E-state index in [2.05, 4.69) is 40.7 Å². The molecule has 1 aromatic carbocycles. The van der Waals surface area contributed by atoms with Crippen molar-refractivity contribution >= 4 is 41.3 Å². The number of nitrogens with zero attached hydrogens (tertiary/aromatic N) is 1. The number of ether oxygens (including phenoxy) is 2. The molecule has 1 aromatic heterocycles. The molecule has 2 rings (SSSR count). The molecule has 0 amide bonds. The molecule has 7 heteroatoms. The van der Waals surface area contributed by atoms with Crippen molar-refractivity contribution in [1.29, 1.82) is 0 Å². The Balaban J connectivity index is 0.00000338. The van der Waals surface area contributed by atoms with Gasteiger partial charge in [0, 0.05) is 30.5 Å². The van der Waals surface area contributed by atoms with Gasteiger partial charge in [0.05, 0.1) is 13.2 Å². The van der Waals surface area contributed by atoms with Crippen molar-refractivity contribution in [2.45, 2.75) is 26.4 Å². The molecule has 0 saturated heterocycles. The van der Waals surface area contributed by atoms with Gasteiger partial charge >= 0.3 is 0 Å². The number of rotatable bonds is 9. The second-order valence-electron chi connectivity index (χ2n) is 5.49. The first-order valence-electron chi connectivity index (χ1n) is 8.48. The molecule has 0 saturated carbocycles. The number of hydrogen-bond donors (Lipinski definition) is 2. The van der Waals surface area contributed by atoms with Gasteiger partial charge in [-0.2, -0.15) is 0 Å². The van der Waals surface area contributed by atoms with Gasteiger partial charge in [-0.15, -0.1) is 35.3 Å². The number of aryl methyl sites for hydroxylation is 1. The van der Waals surface area contributed by atoms with E-state index in [0.29, 0.717) is 19.8 Å². The minimum absolute atomic E-state index is 0. The van der Waals surface area contributed by atoms with Crippen LogP contribution in [-0.4, -0.2) is 33.3 Å². The summed E-state index contributed by atoms with van der Waals surface area (Å²) in [6.45, 7) is 4.78. The summed E-state index contributed by atoms with van der Waals surface area (Å²) in [6, 6.07) is 12.4. The normalized spacial score (nSPS) is 11.0. The number of thiophene rings is 1. The van der Waals surface area contributed by atoms with Crippen LogP contribution in [0.5, 0.6) is 5.75 Å². The van der Waals surface area contributed by atoms with E-state index in [0.717, 1.165) is 30.2 Å². The summed E-state index contributed by atoms with van der Waals surface area (Å²) in [5.74, 6) is 1.64. The van der Waals surface area contributed by atoms with Gasteiger partial charge in [-0.25, -0.2) is 0 Å². The van der Waals surface area contributed by atoms with Crippen LogP contribution < -0.4 is 15.4 Å². The highest BCUT2D eigenvalue weighted by atomic mass is 127. The maximum Gasteiger partial charge on any atom is 0.191 e. The zero-order valence-corrected chi connectivity index (χ0v) is 18.7. The topological polar surface area (TPSA) is 54.9 Å². The zero-order valence-electron chi connectivity index (χ0n) is 15.6. The number of benzene rings is 1. The lowest BCUT2D eigenvalue weighted by Crippen LogP contribution is -2.36. The van der Waals surface area contributed by atoms with E-state index >= 15 is 0 Å². The first-order valence-corrected chi connectivity index (χ1v) is 9.29. The van der Waals surface area contributed by atoms with Gasteiger partial charge in [0.1, 0.15) is 12.4 Å². The Kier molecular flexibility index (Phi) is 11.3. The zero-order chi connectivity index (χ0) is 17.9. The molecule has 0 aliphatic carbocycles. The van der Waals surface area contributed by atoms with Gasteiger partial charge in [-0.3, -0.25) is 4.99 Å². The Labute approximate surface area is 177 Å². The molecule has 2 N–H and O–H groups in total. The fourth-order valence-electron chi connectivity index (χ4n) is 2.27. The van der Waals surface area contributed by atoms with Crippen LogP contribution >= 0.6 is 35.3 Å². The van der Waals surface area contributed by atoms with Crippen molar-refractivity contribution in [3.8, 4) is 5.75 Å². The van der Waals surface area contributed by atoms with Gasteiger partial charge in [-0.1, -0.05) is 19.1 Å². The molecule has 2 aromatic rings. The van der Waals surface area contributed by atoms with E-state index in [-0.39, 0.29) is 24.0 Å². The highest BCUT2D eigenvalue weighted by Crippen LogP contribution is 2.16. The Morgan fingerprint density at radius 3 is 2.54 bits per heavy atom. The molecule has 0 radical (unpaired) electrons. The van der Waals surface area contributed by atoms with Crippen molar-refractivity contribution < 1.29 is 9.47 Å². The smallest absolute Gasteiger partial charge is 0.191 e. The quantitative estimate of drug-likeness (QED) is 0.244. The van der Waals surface area contributed by atoms with Gasteiger partial charge in [-0.05, 0) is 36.2 Å². The predicted molar refractivity (Wildman–Crippen MR) is 120 cm³/mol. The van der Waals surface area contributed by atoms with Gasteiger partial charge in [0.15, 0.2) is 5.96 Å². The summed E-state index contributed by atoms with van der Waals surface area (Å²) >= 11 is 1.84. The van der Waals surface area contributed by atoms with Crippen LogP contribution in [0.3, 0.4) is 0 Å². The molecule has 0 aliphatic rings. The average Bonchev–Trinajstić information content (AvgIpc) is 3.10. The minimum atomic E-state index is 0. The summed E-state index contributed by atoms with van der Waals surface area (Å²) in [6.07, 6.45) is 1.08. The molecule has 0 spiro atoms. The summed E-state index contributed by atoms with van der Waals surface area (Å²) in [5, 5.41) is 6.69. The van der Waals surface area contributed by atoms with Crippen LogP contribution in [0.15, 0.2) is 41.4 Å². The van der Waals surface area contributed by atoms with Gasteiger partial charge in [0.2, 0.25) is 0 Å². The van der Waals surface area contributed by atoms with Crippen molar-refractivity contribution in [1.82, 2.24) is 10.6 Å². The van der Waals surface area contributed by atoms with Crippen LogP contribution in [0.4, 0.5) is 0 Å². The van der Waals surface area contributed by atoms with Crippen molar-refractivity contribution in [2.24, 2.45) is 4.99 Å². The predicted octanol–water partition coefficient (Wildman–Crippen LogP) is 3.82. The van der Waals surface area contributed by atoms with Gasteiger partial charge < -0.3 is 20.1 Å². The number of aliphatic imine (C=N–C) groups is 1. The van der Waals surface area contributed by atoms with Crippen LogP contribution in [0.1, 0.15) is 22.2 Å². The Morgan fingerprint density at radius 2 is 1.85 bits per heavy atom. The van der Waals surface area contributed by atoms with E-state index in [4.69, 9.17) is 9.47 Å². The fraction of sp³-hybridized carbons (Fsp3) is 0.421. The van der Waals surface area contributed by atoms with Crippen LogP contribution in [0.2, 0.25) is 0 Å². The Bertz CT molecular complexity index is 676. The average molecular weight is 489 g/mol. The first-order chi connectivity index (χ1) is 12.2. The number of nitrogens with one attached hydrogen (secondary N) is 2. The molecule has 0 atom stereocenters. The molecule has 26 heavy (non-hydrogen) atoms. The summed E-state index contributed by atoms with van der Waals surface area (Å²) in [4.78, 5) is 7.00. The highest BCUT2D eigenvalue weighted by Gasteiger charge is 2.03. The van der Waals surface area contributed by atoms with Crippen LogP contribution in [0.25, 0.3) is 0 Å². The Hall–Kier alpha value is -1.32. The van der Waals surface area contributed by atoms with E-state index < -0.39 is 0 Å². The lowest BCUT2D eigenvalue weighted by atomic mass is 10.2. The number of hydrogen-bond acceptors (Lipinski definition) is 4. The number of halogens is 1. The molecule has 0 fully saturated rings. The van der Waals surface area contributed by atoms with Crippen LogP contribution in [-0.2, 0) is 24.2 Å². The van der Waals surface area contributed by atoms with E-state index in [1.54, 1.807) is 14.2 Å². The Morgan fingerprint density at radius 1 is 1.08 bits per heavy atom. The van der Waals surface area contributed by atoms with Crippen molar-refractivity contribution in [2.75, 3.05) is 27.4 Å². The van der Waals surface area contributed by atoms with Crippen LogP contribution in [0, 0.1) is 0 Å². The number of guanidine groups is 1. The molecule has 0 unspecified atom stereocenters. The lowest BCUT2D eigenvalue weighted by molar-refractivity contribution is 0.146. The molecule has 1 heterocycles. The second-order valence-corrected chi connectivity index (χ2v) is 6.74. The van der Waals surface area contributed by atoms with Gasteiger partial charge in [0.25, 0.3) is 0 Å². The molecule has 0 aliphatic heterocycles. The largest absolute Gasteiger partial charge is 0.491 e. The standard InChI is InChI=1S/C19H27N3O2S.HI/c1-4-17-8-9-18(25-17)14-22-19(20-2)21-13-15-6-5-7-16(12-15)24-11-10-23-3;/h5-9,12H,4,10-11,13-14H2,1-3H3,(H2,20,21,22);1H. The number of methoxy groups -OCH3 is 1. The van der Waals surface area contributed by atoms with Crippen molar-refractivity contribution in [3.05, 3.63) is 51.7 Å². The second kappa shape index (κ2) is 12.9. The molecule has 144 valence electrons. The SMILES string of the molecule is CCc1ccc(CNC(=NC)NCc2cccc(OCCOC)c2)s1.I. The lowest BCUT2D eigenvalue weighted by Gasteiger charge is -2.12. The van der Waals surface area contributed by atoms with E-state index in [1.165, 1.54) is 9.75 Å². The maximum atomic E-state index is 5.64. The van der Waals surface area contributed by atoms with E-state index in [9.17, 15) is 0 Å². The summed E-state index contributed by atoms with van der Waals surface area (Å²) in [5.41, 5.74) is 1.14. The molecule has 5 nitrogen and oxygen atoms in total. The maximum absolute atomic E-state index is 5.64. The molecule has 0 bridgehead atoms. The highest BCUT2D eigenvalue weighted by molar-refractivity contribution is 14.0. The fourth-order valence-corrected chi connectivity index (χ4v) is 3.17. The summed E-state index contributed by atoms with van der Waals surface area (Å²) < 4.78 is 10.6. The monoisotopic (exact) mass is 489 g/mol. The molecular weight excluding hydrogens is 461 g/mol.